The van der Waals surface area contributed by atoms with Crippen molar-refractivity contribution >= 4 is 18.5 Å². The Labute approximate surface area is 384 Å². The molecule has 0 aromatic carbocycles. The van der Waals surface area contributed by atoms with E-state index in [4.69, 9.17) is 76.0 Å². The summed E-state index contributed by atoms with van der Waals surface area (Å²) in [6, 6.07) is -6.52. The van der Waals surface area contributed by atoms with E-state index in [1.54, 1.807) is 0 Å². The lowest BCUT2D eigenvalue weighted by Gasteiger charge is -2.45. The zero-order valence-corrected chi connectivity index (χ0v) is 36.9. The Hall–Kier alpha value is -1.22. The van der Waals surface area contributed by atoms with E-state index in [0.29, 0.717) is 31.6 Å². The SMILES string of the molecule is NC1C(O)[C@H](O)C(CO)O[C@H]1OCC1O[C@@H](OCC2O[C@@H](OCC3O[C@@H](OCC4O[C@@H](OCCCNC(=O)CCCS)C(N)C(O)[C@@H]4O)C(N)C(O)[C@@H]3O)C(N)C(O)[C@@H]2O)C(N)C(O)[C@@H]1O. The lowest BCUT2D eigenvalue weighted by molar-refractivity contribution is -0.321. The van der Waals surface area contributed by atoms with Gasteiger partial charge in [-0.3, -0.25) is 4.79 Å². The first-order chi connectivity index (χ1) is 31.3. The molecule has 0 spiro atoms. The number of aliphatic hydroxyl groups is 11. The Morgan fingerprint density at radius 2 is 0.742 bits per heavy atom. The van der Waals surface area contributed by atoms with Crippen LogP contribution in [0.15, 0.2) is 0 Å². The Bertz CT molecular complexity index is 1460. The molecule has 66 heavy (non-hydrogen) atoms. The summed E-state index contributed by atoms with van der Waals surface area (Å²) in [6.45, 7) is -2.39. The number of hydrogen-bond donors (Lipinski definition) is 18. The smallest absolute Gasteiger partial charge is 0.220 e. The Morgan fingerprint density at radius 1 is 0.455 bits per heavy atom. The van der Waals surface area contributed by atoms with Crippen LogP contribution in [0.1, 0.15) is 19.3 Å². The summed E-state index contributed by atoms with van der Waals surface area (Å²) < 4.78 is 57.1. The average Bonchev–Trinajstić information content (AvgIpc) is 3.30. The molecule has 25 atom stereocenters. The summed E-state index contributed by atoms with van der Waals surface area (Å²) in [6.07, 6.45) is -28.2. The molecule has 0 bridgehead atoms. The van der Waals surface area contributed by atoms with Gasteiger partial charge in [-0.25, -0.2) is 0 Å². The lowest BCUT2D eigenvalue weighted by Crippen LogP contribution is -2.66. The average molecular weight is 983 g/mol. The van der Waals surface area contributed by atoms with Crippen LogP contribution in [-0.4, -0.2) is 267 Å². The van der Waals surface area contributed by atoms with Gasteiger partial charge in [0.2, 0.25) is 5.91 Å². The fraction of sp³-hybridized carbons (Fsp3) is 0.973. The molecule has 29 heteroatoms. The Kier molecular flexibility index (Phi) is 21.7. The molecule has 5 rings (SSSR count). The zero-order chi connectivity index (χ0) is 48.6. The van der Waals surface area contributed by atoms with E-state index in [2.05, 4.69) is 17.9 Å². The minimum absolute atomic E-state index is 0.0826. The third-order valence-electron chi connectivity index (χ3n) is 12.1. The highest BCUT2D eigenvalue weighted by Gasteiger charge is 2.50. The number of carbonyl (C=O) groups is 1. The summed E-state index contributed by atoms with van der Waals surface area (Å²) in [5, 5.41) is 119. The Morgan fingerprint density at radius 3 is 1.05 bits per heavy atom. The highest BCUT2D eigenvalue weighted by Crippen LogP contribution is 2.29. The van der Waals surface area contributed by atoms with Crippen LogP contribution >= 0.6 is 12.6 Å². The molecule has 5 heterocycles. The van der Waals surface area contributed by atoms with Crippen molar-refractivity contribution in [2.45, 2.75) is 172 Å². The van der Waals surface area contributed by atoms with E-state index in [0.717, 1.165) is 0 Å². The number of carbonyl (C=O) groups excluding carboxylic acids is 1. The number of rotatable bonds is 21. The van der Waals surface area contributed by atoms with Gasteiger partial charge in [0.15, 0.2) is 31.5 Å². The fourth-order valence-corrected chi connectivity index (χ4v) is 7.96. The van der Waals surface area contributed by atoms with Crippen LogP contribution in [0.2, 0.25) is 0 Å². The van der Waals surface area contributed by atoms with E-state index >= 15 is 0 Å². The van der Waals surface area contributed by atoms with Crippen LogP contribution in [0.3, 0.4) is 0 Å². The number of hydrogen-bond acceptors (Lipinski definition) is 28. The molecule has 28 nitrogen and oxygen atoms in total. The molecular weight excluding hydrogens is 912 g/mol. The van der Waals surface area contributed by atoms with Crippen molar-refractivity contribution in [3.05, 3.63) is 0 Å². The number of thiol groups is 1. The normalized spacial score (nSPS) is 46.8. The maximum Gasteiger partial charge on any atom is 0.220 e. The van der Waals surface area contributed by atoms with Crippen molar-refractivity contribution in [3.63, 3.8) is 0 Å². The van der Waals surface area contributed by atoms with E-state index in [1.165, 1.54) is 0 Å². The standard InChI is InChI=1S/C37H70N6O22S/c38-18-29(52)24(47)13(62-33(18)56-5-2-4-43-17(45)3-1-6-66)8-58-35-20(40)31(54)26(49)15(64-35)10-60-37-22(42)32(55)27(50)16(65-37)11-59-36-21(41)30(53)25(48)14(63-36)9-57-34-19(39)28(51)23(46)12(7-44)61-34/h12-16,18-37,44,46-55,66H,1-11,38-42H2,(H,43,45)/t12?,13?,14?,15?,16?,18?,19?,20?,21?,22?,23-,24-,25-,26-,27-,28?,29?,30?,31?,32?,33-,34-,35-,36-,37-/m1/s1. The minimum Gasteiger partial charge on any atom is -0.394 e. The zero-order valence-electron chi connectivity index (χ0n) is 36.0. The predicted molar refractivity (Wildman–Crippen MR) is 221 cm³/mol. The molecule has 0 aliphatic carbocycles. The molecule has 1 amide bonds. The van der Waals surface area contributed by atoms with Gasteiger partial charge in [0.1, 0.15) is 91.6 Å². The van der Waals surface area contributed by atoms with E-state index < -0.39 is 186 Å². The number of nitrogens with one attached hydrogen (secondary N) is 1. The third kappa shape index (κ3) is 13.6. The van der Waals surface area contributed by atoms with Gasteiger partial charge in [-0.2, -0.15) is 12.6 Å². The first-order valence-electron chi connectivity index (χ1n) is 21.7. The van der Waals surface area contributed by atoms with Crippen LogP contribution < -0.4 is 34.0 Å². The summed E-state index contributed by atoms with van der Waals surface area (Å²) in [5.41, 5.74) is 30.3. The van der Waals surface area contributed by atoms with Gasteiger partial charge in [0, 0.05) is 13.0 Å². The van der Waals surface area contributed by atoms with E-state index in [1.807, 2.05) is 0 Å². The van der Waals surface area contributed by atoms with Crippen molar-refractivity contribution in [2.75, 3.05) is 51.9 Å². The molecular formula is C37H70N6O22S. The quantitative estimate of drug-likeness (QED) is 0.0375. The molecule has 15 unspecified atom stereocenters. The fourth-order valence-electron chi connectivity index (χ4n) is 7.80. The van der Waals surface area contributed by atoms with Gasteiger partial charge >= 0.3 is 0 Å². The van der Waals surface area contributed by atoms with Crippen LogP contribution in [0.5, 0.6) is 0 Å². The van der Waals surface area contributed by atoms with Crippen LogP contribution in [0, 0.1) is 0 Å². The van der Waals surface area contributed by atoms with Crippen LogP contribution in [0.4, 0.5) is 0 Å². The minimum atomic E-state index is -1.68. The number of ether oxygens (including phenoxy) is 10. The highest BCUT2D eigenvalue weighted by atomic mass is 32.1. The van der Waals surface area contributed by atoms with E-state index in [-0.39, 0.29) is 12.5 Å². The van der Waals surface area contributed by atoms with Crippen LogP contribution in [0.25, 0.3) is 0 Å². The molecule has 22 N–H and O–H groups in total. The molecule has 5 saturated heterocycles. The molecule has 5 fully saturated rings. The van der Waals surface area contributed by atoms with Gasteiger partial charge in [-0.1, -0.05) is 0 Å². The van der Waals surface area contributed by atoms with Gasteiger partial charge in [0.25, 0.3) is 0 Å². The maximum absolute atomic E-state index is 11.8. The number of nitrogens with two attached hydrogens (primary N) is 5. The molecule has 0 radical (unpaired) electrons. The first-order valence-corrected chi connectivity index (χ1v) is 22.4. The van der Waals surface area contributed by atoms with Gasteiger partial charge < -0.3 is 138 Å². The van der Waals surface area contributed by atoms with E-state index in [9.17, 15) is 61.0 Å². The topological polar surface area (TPSA) is 474 Å². The number of amides is 1. The predicted octanol–water partition coefficient (Wildman–Crippen LogP) is -10.9. The van der Waals surface area contributed by atoms with Gasteiger partial charge in [-0.05, 0) is 18.6 Å². The molecule has 5 aliphatic rings. The maximum atomic E-state index is 11.8. The molecule has 0 aromatic rings. The summed E-state index contributed by atoms with van der Waals surface area (Å²) >= 11 is 4.08. The number of aliphatic hydroxyl groups excluding tert-OH is 11. The lowest BCUT2D eigenvalue weighted by atomic mass is 9.96. The van der Waals surface area contributed by atoms with Crippen molar-refractivity contribution in [1.82, 2.24) is 5.32 Å². The van der Waals surface area contributed by atoms with Crippen molar-refractivity contribution in [3.8, 4) is 0 Å². The molecule has 0 saturated carbocycles. The summed E-state index contributed by atoms with van der Waals surface area (Å²) in [4.78, 5) is 11.8. The monoisotopic (exact) mass is 982 g/mol. The van der Waals surface area contributed by atoms with Crippen molar-refractivity contribution in [2.24, 2.45) is 28.7 Å². The Balaban J connectivity index is 1.12. The molecule has 5 aliphatic heterocycles. The second-order valence-electron chi connectivity index (χ2n) is 16.9. The molecule has 386 valence electrons. The van der Waals surface area contributed by atoms with Crippen molar-refractivity contribution < 1.29 is 108 Å². The second-order valence-corrected chi connectivity index (χ2v) is 17.4. The van der Waals surface area contributed by atoms with Gasteiger partial charge in [0.05, 0.1) is 69.9 Å². The van der Waals surface area contributed by atoms with Crippen molar-refractivity contribution in [1.29, 1.82) is 0 Å². The largest absolute Gasteiger partial charge is 0.394 e. The van der Waals surface area contributed by atoms with Crippen LogP contribution in [-0.2, 0) is 52.2 Å². The second kappa shape index (κ2) is 25.8. The highest BCUT2D eigenvalue weighted by molar-refractivity contribution is 7.80. The first kappa shape index (κ1) is 55.7. The summed E-state index contributed by atoms with van der Waals surface area (Å²) in [7, 11) is 0. The summed E-state index contributed by atoms with van der Waals surface area (Å²) in [5.74, 6) is 0.446. The molecule has 0 aromatic heterocycles. The third-order valence-corrected chi connectivity index (χ3v) is 12.4. The van der Waals surface area contributed by atoms with Gasteiger partial charge in [-0.15, -0.1) is 0 Å².